The van der Waals surface area contributed by atoms with Crippen LogP contribution < -0.4 is 9.64 Å². The lowest BCUT2D eigenvalue weighted by Gasteiger charge is -2.41. The van der Waals surface area contributed by atoms with Gasteiger partial charge in [0, 0.05) is 31.1 Å². The molecule has 0 aliphatic carbocycles. The Morgan fingerprint density at radius 2 is 2.13 bits per heavy atom. The Morgan fingerprint density at radius 1 is 1.35 bits per heavy atom. The molecular weight excluding hydrogens is 310 g/mol. The number of para-hydroxylation sites is 2. The zero-order valence-corrected chi connectivity index (χ0v) is 14.5. The normalized spacial score (nSPS) is 18.1. The summed E-state index contributed by atoms with van der Waals surface area (Å²) in [6, 6.07) is 8.14. The lowest BCUT2D eigenvalue weighted by Crippen LogP contribution is -2.54. The van der Waals surface area contributed by atoms with Crippen molar-refractivity contribution in [3.63, 3.8) is 0 Å². The maximum absolute atomic E-state index is 12.6. The van der Waals surface area contributed by atoms with E-state index in [9.17, 15) is 4.79 Å². The van der Waals surface area contributed by atoms with Crippen molar-refractivity contribution >= 4 is 22.9 Å². The molecule has 1 aliphatic rings. The molecule has 0 bridgehead atoms. The highest BCUT2D eigenvalue weighted by molar-refractivity contribution is 7.09. The molecule has 1 fully saturated rings. The second-order valence-corrected chi connectivity index (χ2v) is 6.78. The van der Waals surface area contributed by atoms with Gasteiger partial charge in [0.1, 0.15) is 11.4 Å². The number of amides is 1. The maximum atomic E-state index is 12.6. The number of methoxy groups -OCH3 is 1. The van der Waals surface area contributed by atoms with Gasteiger partial charge in [-0.3, -0.25) is 4.79 Å². The van der Waals surface area contributed by atoms with Crippen LogP contribution in [-0.2, 0) is 0 Å². The van der Waals surface area contributed by atoms with Crippen LogP contribution in [0.5, 0.6) is 5.75 Å². The van der Waals surface area contributed by atoms with Gasteiger partial charge in [0.25, 0.3) is 5.91 Å². The minimum Gasteiger partial charge on any atom is -0.495 e. The molecule has 122 valence electrons. The Morgan fingerprint density at radius 3 is 2.78 bits per heavy atom. The van der Waals surface area contributed by atoms with Gasteiger partial charge in [-0.2, -0.15) is 0 Å². The summed E-state index contributed by atoms with van der Waals surface area (Å²) in [5, 5.41) is 2.77. The molecule has 2 aromatic rings. The first-order valence-electron chi connectivity index (χ1n) is 7.71. The largest absolute Gasteiger partial charge is 0.495 e. The predicted molar refractivity (Wildman–Crippen MR) is 92.6 cm³/mol. The van der Waals surface area contributed by atoms with Crippen molar-refractivity contribution in [2.24, 2.45) is 0 Å². The first-order valence-corrected chi connectivity index (χ1v) is 8.59. The number of thiazole rings is 1. The second-order valence-electron chi connectivity index (χ2n) is 5.72. The number of carbonyl (C=O) groups is 1. The number of piperazine rings is 1. The van der Waals surface area contributed by atoms with Crippen LogP contribution in [0.3, 0.4) is 0 Å². The van der Waals surface area contributed by atoms with Crippen LogP contribution in [0.2, 0.25) is 0 Å². The number of aryl methyl sites for hydroxylation is 1. The fourth-order valence-corrected chi connectivity index (χ4v) is 3.56. The molecule has 1 atom stereocenters. The Bertz CT molecular complexity index is 701. The molecule has 0 spiro atoms. The molecule has 6 heteroatoms. The number of carbonyl (C=O) groups excluding carboxylic acids is 1. The molecule has 0 saturated carbocycles. The highest BCUT2D eigenvalue weighted by Gasteiger charge is 2.30. The molecule has 0 radical (unpaired) electrons. The van der Waals surface area contributed by atoms with Crippen LogP contribution in [0, 0.1) is 6.92 Å². The maximum Gasteiger partial charge on any atom is 0.273 e. The number of benzene rings is 1. The fourth-order valence-electron chi connectivity index (χ4n) is 2.98. The molecule has 0 N–H and O–H groups in total. The average Bonchev–Trinajstić information content (AvgIpc) is 3.00. The van der Waals surface area contributed by atoms with Crippen LogP contribution in [-0.4, -0.2) is 48.6 Å². The number of anilines is 1. The van der Waals surface area contributed by atoms with Gasteiger partial charge >= 0.3 is 0 Å². The molecular formula is C17H21N3O2S. The quantitative estimate of drug-likeness (QED) is 0.868. The van der Waals surface area contributed by atoms with Crippen molar-refractivity contribution in [2.75, 3.05) is 31.6 Å². The Labute approximate surface area is 140 Å². The monoisotopic (exact) mass is 331 g/mol. The summed E-state index contributed by atoms with van der Waals surface area (Å²) in [6.45, 7) is 6.27. The third kappa shape index (κ3) is 3.17. The Kier molecular flexibility index (Phi) is 4.52. The molecule has 2 heterocycles. The molecule has 1 amide bonds. The topological polar surface area (TPSA) is 45.7 Å². The van der Waals surface area contributed by atoms with Gasteiger partial charge in [-0.05, 0) is 26.0 Å². The number of ether oxygens (including phenoxy) is 1. The molecule has 0 unspecified atom stereocenters. The summed E-state index contributed by atoms with van der Waals surface area (Å²) in [7, 11) is 1.69. The number of aromatic nitrogens is 1. The summed E-state index contributed by atoms with van der Waals surface area (Å²) in [6.07, 6.45) is 0. The number of hydrogen-bond acceptors (Lipinski definition) is 5. The molecule has 1 saturated heterocycles. The highest BCUT2D eigenvalue weighted by atomic mass is 32.1. The van der Waals surface area contributed by atoms with E-state index in [0.29, 0.717) is 12.2 Å². The van der Waals surface area contributed by atoms with Crippen LogP contribution in [0.15, 0.2) is 29.6 Å². The zero-order valence-electron chi connectivity index (χ0n) is 13.7. The molecule has 3 rings (SSSR count). The summed E-state index contributed by atoms with van der Waals surface area (Å²) in [4.78, 5) is 21.1. The van der Waals surface area contributed by atoms with Crippen molar-refractivity contribution in [3.8, 4) is 5.75 Å². The third-order valence-corrected chi connectivity index (χ3v) is 4.93. The van der Waals surface area contributed by atoms with Gasteiger partial charge in [0.2, 0.25) is 0 Å². The number of nitrogens with zero attached hydrogens (tertiary/aromatic N) is 3. The van der Waals surface area contributed by atoms with Crippen molar-refractivity contribution < 1.29 is 9.53 Å². The van der Waals surface area contributed by atoms with E-state index in [4.69, 9.17) is 4.74 Å². The molecule has 1 aromatic carbocycles. The van der Waals surface area contributed by atoms with E-state index in [1.54, 1.807) is 7.11 Å². The molecule has 23 heavy (non-hydrogen) atoms. The van der Waals surface area contributed by atoms with Crippen LogP contribution in [0.1, 0.15) is 22.4 Å². The minimum absolute atomic E-state index is 0.0292. The SMILES string of the molecule is COc1ccccc1N1CCN(C(=O)c2csc(C)n2)[C@H](C)C1. The lowest BCUT2D eigenvalue weighted by atomic mass is 10.1. The smallest absolute Gasteiger partial charge is 0.273 e. The van der Waals surface area contributed by atoms with E-state index in [2.05, 4.69) is 22.9 Å². The van der Waals surface area contributed by atoms with Gasteiger partial charge < -0.3 is 14.5 Å². The van der Waals surface area contributed by atoms with Crippen LogP contribution >= 0.6 is 11.3 Å². The standard InChI is InChI=1S/C17H21N3O2S/c1-12-10-19(15-6-4-5-7-16(15)22-3)8-9-20(12)17(21)14-11-23-13(2)18-14/h4-7,11-12H,8-10H2,1-3H3/t12-/m1/s1. The van der Waals surface area contributed by atoms with Gasteiger partial charge in [-0.15, -0.1) is 11.3 Å². The van der Waals surface area contributed by atoms with Gasteiger partial charge in [0.15, 0.2) is 0 Å². The zero-order chi connectivity index (χ0) is 16.4. The van der Waals surface area contributed by atoms with E-state index in [0.717, 1.165) is 29.5 Å². The predicted octanol–water partition coefficient (Wildman–Crippen LogP) is 2.81. The van der Waals surface area contributed by atoms with E-state index in [1.807, 2.05) is 35.4 Å². The summed E-state index contributed by atoms with van der Waals surface area (Å²) < 4.78 is 5.45. The van der Waals surface area contributed by atoms with Crippen LogP contribution in [0.25, 0.3) is 0 Å². The highest BCUT2D eigenvalue weighted by Crippen LogP contribution is 2.29. The average molecular weight is 331 g/mol. The van der Waals surface area contributed by atoms with E-state index in [-0.39, 0.29) is 11.9 Å². The minimum atomic E-state index is 0.0292. The number of rotatable bonds is 3. The summed E-state index contributed by atoms with van der Waals surface area (Å²) >= 11 is 1.51. The molecule has 1 aromatic heterocycles. The van der Waals surface area contributed by atoms with Gasteiger partial charge in [-0.25, -0.2) is 4.98 Å². The van der Waals surface area contributed by atoms with Crippen molar-refractivity contribution in [3.05, 3.63) is 40.3 Å². The Hall–Kier alpha value is -2.08. The summed E-state index contributed by atoms with van der Waals surface area (Å²) in [5.41, 5.74) is 1.64. The molecule has 5 nitrogen and oxygen atoms in total. The van der Waals surface area contributed by atoms with Gasteiger partial charge in [0.05, 0.1) is 17.8 Å². The van der Waals surface area contributed by atoms with E-state index < -0.39 is 0 Å². The van der Waals surface area contributed by atoms with Crippen molar-refractivity contribution in [1.29, 1.82) is 0 Å². The summed E-state index contributed by atoms with van der Waals surface area (Å²) in [5.74, 6) is 0.899. The van der Waals surface area contributed by atoms with Crippen molar-refractivity contribution in [2.45, 2.75) is 19.9 Å². The Balaban J connectivity index is 1.73. The first kappa shape index (κ1) is 15.8. The van der Waals surface area contributed by atoms with Crippen LogP contribution in [0.4, 0.5) is 5.69 Å². The number of hydrogen-bond donors (Lipinski definition) is 0. The van der Waals surface area contributed by atoms with E-state index in [1.165, 1.54) is 11.3 Å². The first-order chi connectivity index (χ1) is 11.1. The fraction of sp³-hybridized carbons (Fsp3) is 0.412. The second kappa shape index (κ2) is 6.58. The molecule has 1 aliphatic heterocycles. The van der Waals surface area contributed by atoms with Crippen molar-refractivity contribution in [1.82, 2.24) is 9.88 Å². The third-order valence-electron chi connectivity index (χ3n) is 4.15. The lowest BCUT2D eigenvalue weighted by molar-refractivity contribution is 0.0668. The van der Waals surface area contributed by atoms with E-state index >= 15 is 0 Å². The van der Waals surface area contributed by atoms with Gasteiger partial charge in [-0.1, -0.05) is 12.1 Å².